The van der Waals surface area contributed by atoms with Crippen LogP contribution in [0, 0.1) is 0 Å². The molecule has 0 spiro atoms. The van der Waals surface area contributed by atoms with E-state index in [1.54, 1.807) is 0 Å². The minimum Gasteiger partial charge on any atom is -0.457 e. The van der Waals surface area contributed by atoms with Gasteiger partial charge in [0.2, 0.25) is 0 Å². The molecule has 0 saturated carbocycles. The molecule has 0 amide bonds. The van der Waals surface area contributed by atoms with Crippen LogP contribution in [0.1, 0.15) is 50.7 Å². The van der Waals surface area contributed by atoms with Crippen molar-refractivity contribution >= 4 is 23.9 Å². The molecule has 2 aromatic carbocycles. The van der Waals surface area contributed by atoms with Gasteiger partial charge in [0.05, 0.1) is 0 Å². The van der Waals surface area contributed by atoms with Gasteiger partial charge in [-0.2, -0.15) is 0 Å². The van der Waals surface area contributed by atoms with E-state index in [0.29, 0.717) is 0 Å². The summed E-state index contributed by atoms with van der Waals surface area (Å²) in [6, 6.07) is 16.6. The van der Waals surface area contributed by atoms with Crippen molar-refractivity contribution in [3.8, 4) is 11.5 Å². The van der Waals surface area contributed by atoms with Gasteiger partial charge in [-0.15, -0.1) is 0 Å². The summed E-state index contributed by atoms with van der Waals surface area (Å²) < 4.78 is 6.13. The third-order valence-electron chi connectivity index (χ3n) is 3.78. The van der Waals surface area contributed by atoms with Gasteiger partial charge in [-0.3, -0.25) is 0 Å². The first-order valence-electron chi connectivity index (χ1n) is 8.18. The van der Waals surface area contributed by atoms with Crippen molar-refractivity contribution in [2.75, 3.05) is 0 Å². The van der Waals surface area contributed by atoms with Crippen LogP contribution >= 0.6 is 0 Å². The molecule has 0 heterocycles. The Bertz CT molecular complexity index is 537. The Morgan fingerprint density at radius 1 is 0.773 bits per heavy atom. The number of ether oxygens (including phenoxy) is 1. The zero-order chi connectivity index (χ0) is 14.9. The molecule has 0 bridgehead atoms. The second kappa shape index (κ2) is 10.7. The first-order chi connectivity index (χ1) is 10.3. The number of rotatable bonds is 8. The van der Waals surface area contributed by atoms with E-state index in [9.17, 15) is 0 Å². The minimum absolute atomic E-state index is 0. The standard InChI is InChI=1S/C20H26O.Sn/c1-3-5-11-17-12-10-16-20(19(17)15-6-4-2)21-18-13-8-7-9-14-18;/h7-10,12-14,16H,3-6,11,15H2,1-2H3;. The third-order valence-corrected chi connectivity index (χ3v) is 3.78. The van der Waals surface area contributed by atoms with Crippen molar-refractivity contribution in [2.24, 2.45) is 0 Å². The summed E-state index contributed by atoms with van der Waals surface area (Å²) in [6.07, 6.45) is 7.17. The Morgan fingerprint density at radius 2 is 1.45 bits per heavy atom. The van der Waals surface area contributed by atoms with Gasteiger partial charge < -0.3 is 4.74 Å². The molecule has 0 saturated heterocycles. The Kier molecular flexibility index (Phi) is 9.29. The summed E-state index contributed by atoms with van der Waals surface area (Å²) in [5.74, 6) is 1.95. The molecule has 0 N–H and O–H groups in total. The van der Waals surface area contributed by atoms with Crippen LogP contribution in [0.3, 0.4) is 0 Å². The molecule has 0 aliphatic heterocycles. The van der Waals surface area contributed by atoms with Gasteiger partial charge in [-0.25, -0.2) is 0 Å². The average Bonchev–Trinajstić information content (AvgIpc) is 2.53. The van der Waals surface area contributed by atoms with Crippen LogP contribution in [0.5, 0.6) is 11.5 Å². The molecule has 0 aliphatic carbocycles. The summed E-state index contributed by atoms with van der Waals surface area (Å²) >= 11 is 0. The molecule has 2 heteroatoms. The number of aryl methyl sites for hydroxylation is 1. The maximum absolute atomic E-state index is 6.13. The van der Waals surface area contributed by atoms with E-state index in [1.807, 2.05) is 30.3 Å². The fourth-order valence-corrected chi connectivity index (χ4v) is 2.56. The first kappa shape index (κ1) is 19.1. The second-order valence-electron chi connectivity index (χ2n) is 5.52. The van der Waals surface area contributed by atoms with Crippen LogP contribution in [0.4, 0.5) is 0 Å². The zero-order valence-corrected chi connectivity index (χ0v) is 16.6. The van der Waals surface area contributed by atoms with Crippen molar-refractivity contribution in [3.63, 3.8) is 0 Å². The maximum atomic E-state index is 6.13. The Morgan fingerprint density at radius 3 is 2.14 bits per heavy atom. The Balaban J connectivity index is 0.00000242. The smallest absolute Gasteiger partial charge is 0.130 e. The van der Waals surface area contributed by atoms with Gasteiger partial charge in [0, 0.05) is 23.9 Å². The molecule has 0 unspecified atom stereocenters. The number of unbranched alkanes of at least 4 members (excludes halogenated alkanes) is 2. The van der Waals surface area contributed by atoms with Crippen LogP contribution in [-0.2, 0) is 12.8 Å². The number of hydrogen-bond donors (Lipinski definition) is 0. The van der Waals surface area contributed by atoms with E-state index in [1.165, 1.54) is 36.8 Å². The summed E-state index contributed by atoms with van der Waals surface area (Å²) in [7, 11) is 0. The van der Waals surface area contributed by atoms with Crippen molar-refractivity contribution in [2.45, 2.75) is 52.4 Å². The molecule has 0 aliphatic rings. The van der Waals surface area contributed by atoms with Gasteiger partial charge >= 0.3 is 0 Å². The van der Waals surface area contributed by atoms with Gasteiger partial charge in [0.25, 0.3) is 0 Å². The van der Waals surface area contributed by atoms with Crippen molar-refractivity contribution in [3.05, 3.63) is 59.7 Å². The van der Waals surface area contributed by atoms with Crippen molar-refractivity contribution in [1.82, 2.24) is 0 Å². The molecule has 0 fully saturated rings. The molecule has 22 heavy (non-hydrogen) atoms. The fourth-order valence-electron chi connectivity index (χ4n) is 2.56. The van der Waals surface area contributed by atoms with E-state index >= 15 is 0 Å². The summed E-state index contributed by atoms with van der Waals surface area (Å²) in [5.41, 5.74) is 2.86. The molecule has 2 aromatic rings. The zero-order valence-electron chi connectivity index (χ0n) is 13.8. The maximum Gasteiger partial charge on any atom is 0.130 e. The molecule has 1 nitrogen and oxygen atoms in total. The largest absolute Gasteiger partial charge is 0.457 e. The minimum atomic E-state index is 0. The van der Waals surface area contributed by atoms with Crippen LogP contribution < -0.4 is 4.74 Å². The summed E-state index contributed by atoms with van der Waals surface area (Å²) in [4.78, 5) is 0. The molecule has 116 valence electrons. The van der Waals surface area contributed by atoms with Crippen molar-refractivity contribution < 1.29 is 4.74 Å². The normalized spacial score (nSPS) is 10.1. The molecular weight excluding hydrogens is 375 g/mol. The third kappa shape index (κ3) is 5.68. The molecule has 4 radical (unpaired) electrons. The van der Waals surface area contributed by atoms with Crippen LogP contribution in [-0.4, -0.2) is 23.9 Å². The second-order valence-corrected chi connectivity index (χ2v) is 5.52. The Labute approximate surface area is 152 Å². The molecule has 2 rings (SSSR count). The number of para-hydroxylation sites is 1. The summed E-state index contributed by atoms with van der Waals surface area (Å²) in [5, 5.41) is 0. The number of benzene rings is 2. The SMILES string of the molecule is CCCCc1cccc(Oc2ccccc2)c1CCCC.[Sn]. The van der Waals surface area contributed by atoms with Gasteiger partial charge in [-0.05, 0) is 55.0 Å². The molecule has 0 atom stereocenters. The van der Waals surface area contributed by atoms with Crippen molar-refractivity contribution in [1.29, 1.82) is 0 Å². The topological polar surface area (TPSA) is 9.23 Å². The van der Waals surface area contributed by atoms with E-state index in [0.717, 1.165) is 24.3 Å². The van der Waals surface area contributed by atoms with Crippen LogP contribution in [0.15, 0.2) is 48.5 Å². The van der Waals surface area contributed by atoms with E-state index in [4.69, 9.17) is 4.74 Å². The number of hydrogen-bond acceptors (Lipinski definition) is 1. The van der Waals surface area contributed by atoms with E-state index in [2.05, 4.69) is 32.0 Å². The van der Waals surface area contributed by atoms with Gasteiger partial charge in [0.15, 0.2) is 0 Å². The van der Waals surface area contributed by atoms with E-state index in [-0.39, 0.29) is 23.9 Å². The summed E-state index contributed by atoms with van der Waals surface area (Å²) in [6.45, 7) is 4.49. The first-order valence-corrected chi connectivity index (χ1v) is 8.18. The van der Waals surface area contributed by atoms with Gasteiger partial charge in [-0.1, -0.05) is 57.0 Å². The predicted molar refractivity (Wildman–Crippen MR) is 95.9 cm³/mol. The Hall–Kier alpha value is -0.961. The van der Waals surface area contributed by atoms with Crippen LogP contribution in [0.25, 0.3) is 0 Å². The van der Waals surface area contributed by atoms with E-state index < -0.39 is 0 Å². The van der Waals surface area contributed by atoms with Crippen LogP contribution in [0.2, 0.25) is 0 Å². The monoisotopic (exact) mass is 402 g/mol. The molecule has 0 aromatic heterocycles. The van der Waals surface area contributed by atoms with Gasteiger partial charge in [0.1, 0.15) is 11.5 Å². The average molecular weight is 401 g/mol. The molecular formula is C20H26OSn. The quantitative estimate of drug-likeness (QED) is 0.510. The fraction of sp³-hybridized carbons (Fsp3) is 0.400. The predicted octanol–water partition coefficient (Wildman–Crippen LogP) is 5.78.